The summed E-state index contributed by atoms with van der Waals surface area (Å²) in [4.78, 5) is 0. The van der Waals surface area contributed by atoms with Gasteiger partial charge < -0.3 is 5.32 Å². The summed E-state index contributed by atoms with van der Waals surface area (Å²) in [6.07, 6.45) is 7.46. The summed E-state index contributed by atoms with van der Waals surface area (Å²) in [5.41, 5.74) is 1.57. The Bertz CT molecular complexity index is 160. The van der Waals surface area contributed by atoms with Crippen LogP contribution in [-0.2, 0) is 0 Å². The summed E-state index contributed by atoms with van der Waals surface area (Å²) in [5, 5.41) is 3.66. The molecule has 0 spiro atoms. The molecule has 1 heteroatoms. The van der Waals surface area contributed by atoms with E-state index in [9.17, 15) is 0 Å². The largest absolute Gasteiger partial charge is 0.307 e. The molecule has 2 unspecified atom stereocenters. The van der Waals surface area contributed by atoms with E-state index in [1.807, 2.05) is 0 Å². The molecule has 0 amide bonds. The zero-order valence-electron chi connectivity index (χ0n) is 8.56. The summed E-state index contributed by atoms with van der Waals surface area (Å²) in [5.74, 6) is 0. The lowest BCUT2D eigenvalue weighted by Gasteiger charge is -2.28. The Hall–Kier alpha value is -0.300. The highest BCUT2D eigenvalue weighted by Crippen LogP contribution is 2.17. The molecule has 0 fully saturated rings. The van der Waals surface area contributed by atoms with Gasteiger partial charge in [-0.2, -0.15) is 0 Å². The van der Waals surface area contributed by atoms with E-state index in [-0.39, 0.29) is 0 Å². The summed E-state index contributed by atoms with van der Waals surface area (Å²) in [7, 11) is 0. The fraction of sp³-hybridized carbons (Fsp3) is 0.818. The normalized spacial score (nSPS) is 30.1. The maximum atomic E-state index is 3.66. The van der Waals surface area contributed by atoms with E-state index in [2.05, 4.69) is 32.2 Å². The fourth-order valence-corrected chi connectivity index (χ4v) is 1.95. The van der Waals surface area contributed by atoms with Gasteiger partial charge in [0.15, 0.2) is 0 Å². The van der Waals surface area contributed by atoms with Crippen molar-refractivity contribution in [1.29, 1.82) is 0 Å². The van der Waals surface area contributed by atoms with Gasteiger partial charge in [-0.25, -0.2) is 0 Å². The molecule has 0 aliphatic carbocycles. The summed E-state index contributed by atoms with van der Waals surface area (Å²) < 4.78 is 0. The van der Waals surface area contributed by atoms with Crippen LogP contribution in [0.4, 0.5) is 0 Å². The van der Waals surface area contributed by atoms with E-state index >= 15 is 0 Å². The first-order valence-electron chi connectivity index (χ1n) is 5.19. The van der Waals surface area contributed by atoms with Crippen LogP contribution < -0.4 is 5.32 Å². The van der Waals surface area contributed by atoms with E-state index in [4.69, 9.17) is 0 Å². The average molecular weight is 167 g/mol. The van der Waals surface area contributed by atoms with Crippen LogP contribution in [0, 0.1) is 0 Å². The molecule has 12 heavy (non-hydrogen) atoms. The minimum atomic E-state index is 0.647. The van der Waals surface area contributed by atoms with Crippen molar-refractivity contribution >= 4 is 0 Å². The zero-order valence-corrected chi connectivity index (χ0v) is 8.56. The standard InChI is InChI=1S/C11H21N/c1-4-6-11-8-9(3)7-10(5-2)12-11/h8,10-12H,4-7H2,1-3H3. The van der Waals surface area contributed by atoms with Crippen molar-refractivity contribution in [1.82, 2.24) is 5.32 Å². The van der Waals surface area contributed by atoms with Crippen molar-refractivity contribution in [2.24, 2.45) is 0 Å². The van der Waals surface area contributed by atoms with Crippen LogP contribution in [0.1, 0.15) is 46.5 Å². The van der Waals surface area contributed by atoms with Gasteiger partial charge in [0.1, 0.15) is 0 Å². The number of hydrogen-bond acceptors (Lipinski definition) is 1. The zero-order chi connectivity index (χ0) is 8.97. The molecule has 1 aliphatic heterocycles. The van der Waals surface area contributed by atoms with Crippen molar-refractivity contribution in [2.75, 3.05) is 0 Å². The first-order chi connectivity index (χ1) is 5.76. The van der Waals surface area contributed by atoms with Crippen LogP contribution in [0.3, 0.4) is 0 Å². The maximum absolute atomic E-state index is 3.66. The summed E-state index contributed by atoms with van der Waals surface area (Å²) in [6, 6.07) is 1.38. The third kappa shape index (κ3) is 2.63. The predicted octanol–water partition coefficient (Wildman–Crippen LogP) is 2.87. The molecule has 1 N–H and O–H groups in total. The molecule has 0 aromatic carbocycles. The van der Waals surface area contributed by atoms with Crippen molar-refractivity contribution in [3.63, 3.8) is 0 Å². The SMILES string of the molecule is CCCC1C=C(C)CC(CC)N1. The van der Waals surface area contributed by atoms with Gasteiger partial charge in [0.05, 0.1) is 0 Å². The second-order valence-electron chi connectivity index (χ2n) is 3.88. The molecule has 1 heterocycles. The van der Waals surface area contributed by atoms with Gasteiger partial charge in [-0.3, -0.25) is 0 Å². The van der Waals surface area contributed by atoms with Crippen molar-refractivity contribution in [2.45, 2.75) is 58.5 Å². The Kier molecular flexibility index (Phi) is 3.80. The molecule has 0 aromatic heterocycles. The van der Waals surface area contributed by atoms with Crippen LogP contribution in [0.2, 0.25) is 0 Å². The van der Waals surface area contributed by atoms with E-state index in [0.717, 1.165) is 6.04 Å². The minimum absolute atomic E-state index is 0.647. The van der Waals surface area contributed by atoms with Gasteiger partial charge in [0.25, 0.3) is 0 Å². The molecule has 1 nitrogen and oxygen atoms in total. The van der Waals surface area contributed by atoms with Crippen molar-refractivity contribution in [3.8, 4) is 0 Å². The lowest BCUT2D eigenvalue weighted by molar-refractivity contribution is 0.413. The lowest BCUT2D eigenvalue weighted by atomic mass is 9.95. The Labute approximate surface area is 76.2 Å². The highest BCUT2D eigenvalue weighted by atomic mass is 15.0. The predicted molar refractivity (Wildman–Crippen MR) is 54.3 cm³/mol. The van der Waals surface area contributed by atoms with Crippen LogP contribution in [0.5, 0.6) is 0 Å². The number of hydrogen-bond donors (Lipinski definition) is 1. The van der Waals surface area contributed by atoms with Gasteiger partial charge in [-0.15, -0.1) is 0 Å². The Morgan fingerprint density at radius 1 is 1.50 bits per heavy atom. The van der Waals surface area contributed by atoms with Gasteiger partial charge in [0, 0.05) is 12.1 Å². The van der Waals surface area contributed by atoms with Crippen LogP contribution in [0.25, 0.3) is 0 Å². The molecule has 1 aliphatic rings. The third-order valence-corrected chi connectivity index (χ3v) is 2.60. The highest BCUT2D eigenvalue weighted by Gasteiger charge is 2.16. The monoisotopic (exact) mass is 167 g/mol. The van der Waals surface area contributed by atoms with Gasteiger partial charge in [-0.05, 0) is 26.2 Å². The minimum Gasteiger partial charge on any atom is -0.307 e. The number of nitrogens with one attached hydrogen (secondary N) is 1. The molecule has 70 valence electrons. The fourth-order valence-electron chi connectivity index (χ4n) is 1.95. The quantitative estimate of drug-likeness (QED) is 0.637. The number of rotatable bonds is 3. The molecule has 0 aromatic rings. The Morgan fingerprint density at radius 2 is 2.25 bits per heavy atom. The van der Waals surface area contributed by atoms with E-state index in [0.29, 0.717) is 6.04 Å². The van der Waals surface area contributed by atoms with Gasteiger partial charge in [-0.1, -0.05) is 31.9 Å². The molecule has 0 bridgehead atoms. The molecule has 0 radical (unpaired) electrons. The van der Waals surface area contributed by atoms with E-state index in [1.54, 1.807) is 5.57 Å². The lowest BCUT2D eigenvalue weighted by Crippen LogP contribution is -2.40. The second kappa shape index (κ2) is 4.66. The molecule has 1 rings (SSSR count). The highest BCUT2D eigenvalue weighted by molar-refractivity contribution is 5.10. The van der Waals surface area contributed by atoms with Gasteiger partial charge >= 0.3 is 0 Å². The topological polar surface area (TPSA) is 12.0 Å². The summed E-state index contributed by atoms with van der Waals surface area (Å²) >= 11 is 0. The second-order valence-corrected chi connectivity index (χ2v) is 3.88. The van der Waals surface area contributed by atoms with Crippen LogP contribution in [0.15, 0.2) is 11.6 Å². The van der Waals surface area contributed by atoms with Crippen LogP contribution in [-0.4, -0.2) is 12.1 Å². The van der Waals surface area contributed by atoms with E-state index in [1.165, 1.54) is 25.7 Å². The van der Waals surface area contributed by atoms with Crippen molar-refractivity contribution < 1.29 is 0 Å². The average Bonchev–Trinajstić information content (AvgIpc) is 2.04. The first-order valence-corrected chi connectivity index (χ1v) is 5.19. The molecular formula is C11H21N. The molecule has 2 atom stereocenters. The molecule has 0 saturated heterocycles. The van der Waals surface area contributed by atoms with E-state index < -0.39 is 0 Å². The third-order valence-electron chi connectivity index (χ3n) is 2.60. The Balaban J connectivity index is 2.48. The van der Waals surface area contributed by atoms with Crippen LogP contribution >= 0.6 is 0 Å². The molecular weight excluding hydrogens is 146 g/mol. The molecule has 0 saturated carbocycles. The van der Waals surface area contributed by atoms with Gasteiger partial charge in [0.2, 0.25) is 0 Å². The Morgan fingerprint density at radius 3 is 2.83 bits per heavy atom. The maximum Gasteiger partial charge on any atom is 0.0255 e. The first kappa shape index (κ1) is 9.79. The van der Waals surface area contributed by atoms with Crippen molar-refractivity contribution in [3.05, 3.63) is 11.6 Å². The smallest absolute Gasteiger partial charge is 0.0255 e. The summed E-state index contributed by atoms with van der Waals surface area (Å²) in [6.45, 7) is 6.77.